The Balaban J connectivity index is 0.000000263. The standard InChI is InChI=1S/2C34H41N3O4.Mg/c2*1-6-36-31(35-37(33(36)40)23-25-14-17-29(18-15-25)34(3,4)5)13-9-11-24-10-8-12-26(20-24)27-16-19-30(41-7-2)28(21-27)22-32(38)39;/h2*8,10,12,14-21H,6-7,9,11,13,22-23H2,1-5H3,(H,38,39);/q;;+2/p-2. The fourth-order valence-corrected chi connectivity index (χ4v) is 10.2. The van der Waals surface area contributed by atoms with Crippen LogP contribution in [-0.4, -0.2) is 76.9 Å². The largest absolute Gasteiger partial charge is 2.00 e. The fraction of sp³-hybridized carbons (Fsp3) is 0.382. The smallest absolute Gasteiger partial charge is 0.550 e. The Kier molecular flexibility index (Phi) is 23.1. The first-order chi connectivity index (χ1) is 39.2. The zero-order valence-corrected chi connectivity index (χ0v) is 51.7. The molecule has 0 aliphatic rings. The van der Waals surface area contributed by atoms with E-state index in [4.69, 9.17) is 19.7 Å². The Morgan fingerprint density at radius 2 is 0.831 bits per heavy atom. The van der Waals surface area contributed by atoms with Crippen LogP contribution in [-0.2, 0) is 85.1 Å². The molecule has 15 heteroatoms. The summed E-state index contributed by atoms with van der Waals surface area (Å²) >= 11 is 0. The Bertz CT molecular complexity index is 3330. The van der Waals surface area contributed by atoms with Crippen LogP contribution in [0.5, 0.6) is 11.5 Å². The summed E-state index contributed by atoms with van der Waals surface area (Å²) in [4.78, 5) is 48.7. The molecule has 0 unspecified atom stereocenters. The first-order valence-corrected chi connectivity index (χ1v) is 28.8. The molecule has 8 aromatic rings. The number of hydrogen-bond acceptors (Lipinski definition) is 10. The molecule has 2 heterocycles. The van der Waals surface area contributed by atoms with E-state index in [0.29, 0.717) is 74.9 Å². The number of rotatable bonds is 24. The third-order valence-corrected chi connectivity index (χ3v) is 14.6. The molecule has 0 saturated heterocycles. The molecule has 0 saturated carbocycles. The zero-order chi connectivity index (χ0) is 59.1. The van der Waals surface area contributed by atoms with Gasteiger partial charge in [0.25, 0.3) is 0 Å². The molecule has 0 radical (unpaired) electrons. The average Bonchev–Trinajstić information content (AvgIpc) is 3.99. The Labute approximate surface area is 505 Å². The monoisotopic (exact) mass is 1130 g/mol. The van der Waals surface area contributed by atoms with Crippen molar-refractivity contribution in [2.24, 2.45) is 0 Å². The van der Waals surface area contributed by atoms with E-state index in [1.54, 1.807) is 18.5 Å². The molecule has 432 valence electrons. The molecule has 2 aromatic heterocycles. The van der Waals surface area contributed by atoms with Crippen molar-refractivity contribution in [3.8, 4) is 33.8 Å². The van der Waals surface area contributed by atoms with Gasteiger partial charge in [0.1, 0.15) is 23.1 Å². The summed E-state index contributed by atoms with van der Waals surface area (Å²) < 4.78 is 17.9. The number of carboxylic acid groups (broad SMARTS) is 2. The van der Waals surface area contributed by atoms with Gasteiger partial charge in [0.2, 0.25) is 0 Å². The number of ether oxygens (including phenoxy) is 2. The van der Waals surface area contributed by atoms with Crippen LogP contribution in [0.4, 0.5) is 0 Å². The van der Waals surface area contributed by atoms with Gasteiger partial charge in [-0.3, -0.25) is 9.13 Å². The molecule has 0 N–H and O–H groups in total. The van der Waals surface area contributed by atoms with Gasteiger partial charge in [-0.05, 0) is 144 Å². The maximum atomic E-state index is 13.1. The predicted octanol–water partition coefficient (Wildman–Crippen LogP) is 9.51. The van der Waals surface area contributed by atoms with Crippen molar-refractivity contribution in [2.75, 3.05) is 13.2 Å². The van der Waals surface area contributed by atoms with Crippen molar-refractivity contribution in [3.05, 3.63) is 211 Å². The number of carboxylic acids is 2. The van der Waals surface area contributed by atoms with Crippen LogP contribution in [0.25, 0.3) is 22.3 Å². The Morgan fingerprint density at radius 3 is 1.16 bits per heavy atom. The van der Waals surface area contributed by atoms with Crippen LogP contribution < -0.4 is 31.1 Å². The fourth-order valence-electron chi connectivity index (χ4n) is 10.2. The maximum Gasteiger partial charge on any atom is 2.00 e. The van der Waals surface area contributed by atoms with Gasteiger partial charge >= 0.3 is 34.4 Å². The van der Waals surface area contributed by atoms with E-state index < -0.39 is 11.9 Å². The van der Waals surface area contributed by atoms with Gasteiger partial charge in [0.15, 0.2) is 0 Å². The van der Waals surface area contributed by atoms with E-state index in [1.807, 2.05) is 88.4 Å². The van der Waals surface area contributed by atoms with Crippen molar-refractivity contribution in [1.29, 1.82) is 0 Å². The molecule has 0 bridgehead atoms. The molecular weight excluding hydrogens is 1050 g/mol. The number of aromatic nitrogens is 6. The molecule has 8 rings (SSSR count). The molecule has 0 aliphatic carbocycles. The van der Waals surface area contributed by atoms with Gasteiger partial charge in [0, 0.05) is 61.8 Å². The van der Waals surface area contributed by atoms with E-state index >= 15 is 0 Å². The summed E-state index contributed by atoms with van der Waals surface area (Å²) in [5.74, 6) is 0.475. The molecule has 0 aliphatic heterocycles. The molecule has 0 atom stereocenters. The average molecular weight is 1130 g/mol. The SMILES string of the molecule is CCOc1ccc(-c2cccc(CCCc3nn(Cc4ccc(C(C)(C)C)cc4)c(=O)n3CC)c2)cc1CC(=O)[O-].CCOc1ccc(-c2cccc(CCCc3nn(Cc4ccc(C(C)(C)C)cc4)c(=O)n3CC)c2)cc1CC(=O)[O-].[Mg+2]. The molecule has 83 heavy (non-hydrogen) atoms. The first-order valence-electron chi connectivity index (χ1n) is 28.8. The first kappa shape index (κ1) is 64.7. The molecule has 0 fully saturated rings. The molecule has 0 spiro atoms. The van der Waals surface area contributed by atoms with E-state index in [0.717, 1.165) is 70.7 Å². The van der Waals surface area contributed by atoms with Crippen molar-refractivity contribution < 1.29 is 29.3 Å². The topological polar surface area (TPSA) is 178 Å². The van der Waals surface area contributed by atoms with Crippen LogP contribution in [0.15, 0.2) is 143 Å². The van der Waals surface area contributed by atoms with Gasteiger partial charge in [0.05, 0.1) is 26.3 Å². The second-order valence-electron chi connectivity index (χ2n) is 22.8. The number of aliphatic carboxylic acids is 2. The van der Waals surface area contributed by atoms with E-state index in [1.165, 1.54) is 22.3 Å². The number of benzene rings is 6. The number of carbonyl (C=O) groups is 2. The predicted molar refractivity (Wildman–Crippen MR) is 326 cm³/mol. The Hall–Kier alpha value is -7.49. The minimum atomic E-state index is -1.14. The molecular formula is C68H80MgN6O8. The number of hydrogen-bond donors (Lipinski definition) is 0. The van der Waals surface area contributed by atoms with Gasteiger partial charge < -0.3 is 29.3 Å². The third kappa shape index (κ3) is 17.8. The number of nitrogens with zero attached hydrogens (tertiary/aromatic N) is 6. The van der Waals surface area contributed by atoms with Crippen molar-refractivity contribution in [3.63, 3.8) is 0 Å². The minimum absolute atomic E-state index is 0. The quantitative estimate of drug-likeness (QED) is 0.0530. The Morgan fingerprint density at radius 1 is 0.470 bits per heavy atom. The summed E-state index contributed by atoms with van der Waals surface area (Å²) in [6, 6.07) is 44.6. The molecule has 14 nitrogen and oxygen atoms in total. The van der Waals surface area contributed by atoms with E-state index in [9.17, 15) is 29.4 Å². The second kappa shape index (κ2) is 29.7. The summed E-state index contributed by atoms with van der Waals surface area (Å²) in [5, 5.41) is 31.9. The number of aryl methyl sites for hydroxylation is 4. The summed E-state index contributed by atoms with van der Waals surface area (Å²) in [6.07, 6.45) is 4.35. The van der Waals surface area contributed by atoms with Crippen LogP contribution in [0, 0.1) is 0 Å². The van der Waals surface area contributed by atoms with Gasteiger partial charge in [-0.25, -0.2) is 19.0 Å². The van der Waals surface area contributed by atoms with Crippen molar-refractivity contribution >= 4 is 35.0 Å². The van der Waals surface area contributed by atoms with Crippen LogP contribution in [0.2, 0.25) is 0 Å². The van der Waals surface area contributed by atoms with Crippen LogP contribution >= 0.6 is 0 Å². The van der Waals surface area contributed by atoms with Gasteiger partial charge in [-0.2, -0.15) is 10.2 Å². The van der Waals surface area contributed by atoms with Gasteiger partial charge in [-0.1, -0.05) is 151 Å². The van der Waals surface area contributed by atoms with Crippen molar-refractivity contribution in [1.82, 2.24) is 28.7 Å². The summed E-state index contributed by atoms with van der Waals surface area (Å²) in [6.45, 7) is 23.8. The van der Waals surface area contributed by atoms with E-state index in [2.05, 4.69) is 114 Å². The maximum absolute atomic E-state index is 13.1. The van der Waals surface area contributed by atoms with Crippen LogP contribution in [0.3, 0.4) is 0 Å². The summed E-state index contributed by atoms with van der Waals surface area (Å²) in [5.41, 5.74) is 12.1. The van der Waals surface area contributed by atoms with Crippen LogP contribution in [0.1, 0.15) is 138 Å². The zero-order valence-electron chi connectivity index (χ0n) is 50.3. The minimum Gasteiger partial charge on any atom is -0.550 e. The second-order valence-corrected chi connectivity index (χ2v) is 22.8. The molecule has 0 amide bonds. The summed E-state index contributed by atoms with van der Waals surface area (Å²) in [7, 11) is 0. The number of carbonyl (C=O) groups excluding carboxylic acids is 2. The normalized spacial score (nSPS) is 11.4. The van der Waals surface area contributed by atoms with Crippen molar-refractivity contribution in [2.45, 2.75) is 158 Å². The van der Waals surface area contributed by atoms with Gasteiger partial charge in [-0.15, -0.1) is 0 Å². The van der Waals surface area contributed by atoms with E-state index in [-0.39, 0.29) is 58.1 Å². The molecule has 6 aromatic carbocycles. The third-order valence-electron chi connectivity index (χ3n) is 14.6.